The Bertz CT molecular complexity index is 417. The standard InChI is InChI=1S/C15H22N2O2/c1-3-19-14-9-7-13(8-10-14)16-15(18)17-11-5-4-6-12(17)2/h7-10,12H,3-6,11H2,1-2H3,(H,16,18)/t12-/m1/s1. The van der Waals surface area contributed by atoms with E-state index in [4.69, 9.17) is 4.74 Å². The van der Waals surface area contributed by atoms with Gasteiger partial charge in [-0.05, 0) is 57.4 Å². The van der Waals surface area contributed by atoms with Gasteiger partial charge in [0.1, 0.15) is 5.75 Å². The number of nitrogens with zero attached hydrogens (tertiary/aromatic N) is 1. The van der Waals surface area contributed by atoms with Crippen LogP contribution in [0.15, 0.2) is 24.3 Å². The molecule has 0 saturated carbocycles. The van der Waals surface area contributed by atoms with Crippen LogP contribution in [-0.2, 0) is 0 Å². The third-order valence-electron chi connectivity index (χ3n) is 3.48. The molecule has 1 aromatic carbocycles. The van der Waals surface area contributed by atoms with Crippen molar-refractivity contribution in [2.75, 3.05) is 18.5 Å². The van der Waals surface area contributed by atoms with Gasteiger partial charge < -0.3 is 15.0 Å². The van der Waals surface area contributed by atoms with E-state index in [0.717, 1.165) is 30.8 Å². The van der Waals surface area contributed by atoms with Gasteiger partial charge in [0.15, 0.2) is 0 Å². The first kappa shape index (κ1) is 13.7. The van der Waals surface area contributed by atoms with Crippen LogP contribution in [0.25, 0.3) is 0 Å². The molecule has 2 rings (SSSR count). The van der Waals surface area contributed by atoms with Crippen molar-refractivity contribution in [3.8, 4) is 5.75 Å². The van der Waals surface area contributed by atoms with E-state index in [0.29, 0.717) is 12.6 Å². The second kappa shape index (κ2) is 6.45. The van der Waals surface area contributed by atoms with Crippen LogP contribution in [0.2, 0.25) is 0 Å². The monoisotopic (exact) mass is 262 g/mol. The van der Waals surface area contributed by atoms with Crippen LogP contribution in [0.3, 0.4) is 0 Å². The minimum absolute atomic E-state index is 0.00337. The summed E-state index contributed by atoms with van der Waals surface area (Å²) in [7, 11) is 0. The molecular weight excluding hydrogens is 240 g/mol. The summed E-state index contributed by atoms with van der Waals surface area (Å²) in [5, 5.41) is 2.94. The Hall–Kier alpha value is -1.71. The number of carbonyl (C=O) groups excluding carboxylic acids is 1. The van der Waals surface area contributed by atoms with Gasteiger partial charge in [0, 0.05) is 18.3 Å². The molecule has 2 amide bonds. The van der Waals surface area contributed by atoms with Crippen LogP contribution in [0, 0.1) is 0 Å². The van der Waals surface area contributed by atoms with Crippen LogP contribution >= 0.6 is 0 Å². The number of hydrogen-bond donors (Lipinski definition) is 1. The minimum atomic E-state index is -0.00337. The van der Waals surface area contributed by atoms with Crippen molar-refractivity contribution in [3.05, 3.63) is 24.3 Å². The van der Waals surface area contributed by atoms with Crippen molar-refractivity contribution in [1.29, 1.82) is 0 Å². The molecule has 1 N–H and O–H groups in total. The highest BCUT2D eigenvalue weighted by molar-refractivity contribution is 5.89. The number of ether oxygens (including phenoxy) is 1. The zero-order valence-corrected chi connectivity index (χ0v) is 11.7. The number of carbonyl (C=O) groups is 1. The summed E-state index contributed by atoms with van der Waals surface area (Å²) in [4.78, 5) is 14.1. The molecule has 4 heteroatoms. The average molecular weight is 262 g/mol. The summed E-state index contributed by atoms with van der Waals surface area (Å²) in [6.45, 7) is 5.56. The van der Waals surface area contributed by atoms with Gasteiger partial charge in [0.05, 0.1) is 6.61 Å². The summed E-state index contributed by atoms with van der Waals surface area (Å²) >= 11 is 0. The van der Waals surface area contributed by atoms with E-state index in [1.807, 2.05) is 36.1 Å². The molecule has 1 aliphatic rings. The van der Waals surface area contributed by atoms with Crippen LogP contribution in [-0.4, -0.2) is 30.1 Å². The van der Waals surface area contributed by atoms with Crippen molar-refractivity contribution in [1.82, 2.24) is 4.90 Å². The van der Waals surface area contributed by atoms with Crippen molar-refractivity contribution in [3.63, 3.8) is 0 Å². The lowest BCUT2D eigenvalue weighted by atomic mass is 10.0. The molecule has 0 aromatic heterocycles. The van der Waals surface area contributed by atoms with E-state index in [1.165, 1.54) is 6.42 Å². The summed E-state index contributed by atoms with van der Waals surface area (Å²) in [5.41, 5.74) is 0.811. The molecule has 1 atom stereocenters. The molecule has 0 unspecified atom stereocenters. The van der Waals surface area contributed by atoms with Crippen molar-refractivity contribution < 1.29 is 9.53 Å². The molecule has 1 heterocycles. The molecule has 0 spiro atoms. The van der Waals surface area contributed by atoms with Gasteiger partial charge in [-0.15, -0.1) is 0 Å². The van der Waals surface area contributed by atoms with Crippen molar-refractivity contribution in [2.45, 2.75) is 39.2 Å². The summed E-state index contributed by atoms with van der Waals surface area (Å²) in [5.74, 6) is 0.826. The molecule has 19 heavy (non-hydrogen) atoms. The topological polar surface area (TPSA) is 41.6 Å². The Kier molecular flexibility index (Phi) is 4.66. The molecule has 1 aliphatic heterocycles. The first-order chi connectivity index (χ1) is 9.20. The quantitative estimate of drug-likeness (QED) is 0.906. The number of benzene rings is 1. The van der Waals surface area contributed by atoms with Gasteiger partial charge in [-0.3, -0.25) is 0 Å². The Labute approximate surface area is 114 Å². The molecule has 104 valence electrons. The third-order valence-corrected chi connectivity index (χ3v) is 3.48. The number of amides is 2. The molecule has 1 fully saturated rings. The smallest absolute Gasteiger partial charge is 0.322 e. The maximum Gasteiger partial charge on any atom is 0.322 e. The number of hydrogen-bond acceptors (Lipinski definition) is 2. The van der Waals surface area contributed by atoms with Gasteiger partial charge >= 0.3 is 6.03 Å². The first-order valence-corrected chi connectivity index (χ1v) is 7.01. The lowest BCUT2D eigenvalue weighted by Gasteiger charge is -2.33. The predicted molar refractivity (Wildman–Crippen MR) is 76.6 cm³/mol. The number of rotatable bonds is 3. The summed E-state index contributed by atoms with van der Waals surface area (Å²) in [6.07, 6.45) is 3.41. The maximum absolute atomic E-state index is 12.2. The Morgan fingerprint density at radius 2 is 2.11 bits per heavy atom. The van der Waals surface area contributed by atoms with Crippen molar-refractivity contribution in [2.24, 2.45) is 0 Å². The normalized spacial score (nSPS) is 19.1. The number of likely N-dealkylation sites (tertiary alicyclic amines) is 1. The number of piperidine rings is 1. The van der Waals surface area contributed by atoms with Crippen molar-refractivity contribution >= 4 is 11.7 Å². The number of anilines is 1. The zero-order chi connectivity index (χ0) is 13.7. The van der Waals surface area contributed by atoms with E-state index in [-0.39, 0.29) is 6.03 Å². The fraction of sp³-hybridized carbons (Fsp3) is 0.533. The molecule has 0 radical (unpaired) electrons. The predicted octanol–water partition coefficient (Wildman–Crippen LogP) is 3.49. The SMILES string of the molecule is CCOc1ccc(NC(=O)N2CCCC[C@H]2C)cc1. The lowest BCUT2D eigenvalue weighted by Crippen LogP contribution is -2.44. The second-order valence-corrected chi connectivity index (χ2v) is 4.93. The van der Waals surface area contributed by atoms with E-state index in [2.05, 4.69) is 12.2 Å². The molecule has 1 saturated heterocycles. The van der Waals surface area contributed by atoms with Crippen LogP contribution in [0.4, 0.5) is 10.5 Å². The van der Waals surface area contributed by atoms with Gasteiger partial charge in [-0.25, -0.2) is 4.79 Å². The Morgan fingerprint density at radius 1 is 1.37 bits per heavy atom. The molecule has 4 nitrogen and oxygen atoms in total. The fourth-order valence-electron chi connectivity index (χ4n) is 2.40. The van der Waals surface area contributed by atoms with E-state index < -0.39 is 0 Å². The highest BCUT2D eigenvalue weighted by Crippen LogP contribution is 2.19. The lowest BCUT2D eigenvalue weighted by molar-refractivity contribution is 0.170. The molecule has 0 bridgehead atoms. The van der Waals surface area contributed by atoms with E-state index in [9.17, 15) is 4.79 Å². The third kappa shape index (κ3) is 3.63. The van der Waals surface area contributed by atoms with Crippen LogP contribution < -0.4 is 10.1 Å². The Balaban J connectivity index is 1.94. The van der Waals surface area contributed by atoms with Crippen LogP contribution in [0.5, 0.6) is 5.75 Å². The molecule has 1 aromatic rings. The molecule has 0 aliphatic carbocycles. The van der Waals surface area contributed by atoms with Gasteiger partial charge in [-0.1, -0.05) is 0 Å². The maximum atomic E-state index is 12.2. The highest BCUT2D eigenvalue weighted by atomic mass is 16.5. The number of nitrogens with one attached hydrogen (secondary N) is 1. The van der Waals surface area contributed by atoms with Gasteiger partial charge in [-0.2, -0.15) is 0 Å². The summed E-state index contributed by atoms with van der Waals surface area (Å²) in [6, 6.07) is 7.82. The zero-order valence-electron chi connectivity index (χ0n) is 11.7. The number of urea groups is 1. The largest absolute Gasteiger partial charge is 0.494 e. The fourth-order valence-corrected chi connectivity index (χ4v) is 2.40. The van der Waals surface area contributed by atoms with Gasteiger partial charge in [0.2, 0.25) is 0 Å². The summed E-state index contributed by atoms with van der Waals surface area (Å²) < 4.78 is 5.38. The average Bonchev–Trinajstić information content (AvgIpc) is 2.42. The molecular formula is C15H22N2O2. The first-order valence-electron chi connectivity index (χ1n) is 7.01. The highest BCUT2D eigenvalue weighted by Gasteiger charge is 2.22. The van der Waals surface area contributed by atoms with E-state index in [1.54, 1.807) is 0 Å². The minimum Gasteiger partial charge on any atom is -0.494 e. The van der Waals surface area contributed by atoms with Crippen LogP contribution in [0.1, 0.15) is 33.1 Å². The second-order valence-electron chi connectivity index (χ2n) is 4.93. The van der Waals surface area contributed by atoms with E-state index >= 15 is 0 Å². The van der Waals surface area contributed by atoms with Gasteiger partial charge in [0.25, 0.3) is 0 Å². The Morgan fingerprint density at radius 3 is 2.74 bits per heavy atom.